The Labute approximate surface area is 158 Å². The van der Waals surface area contributed by atoms with Crippen molar-refractivity contribution in [3.8, 4) is 0 Å². The Kier molecular flexibility index (Phi) is 4.14. The zero-order valence-electron chi connectivity index (χ0n) is 15.7. The molecular formula is C19H19N5O4. The predicted octanol–water partition coefficient (Wildman–Crippen LogP) is 1.06. The maximum Gasteiger partial charge on any atom is 0.332 e. The standard InChI is InChI=1S/C19H19N5O4/c1-11(14-8-12-6-4-5-7-13(12)28-14)21-15(25)9-24-10-20-17-16(24)18(26)23(3)19(27)22(17)2/h4-8,10-11H,9H2,1-3H3,(H,21,25). The fourth-order valence-corrected chi connectivity index (χ4v) is 3.25. The quantitative estimate of drug-likeness (QED) is 0.569. The second kappa shape index (κ2) is 6.52. The van der Waals surface area contributed by atoms with Gasteiger partial charge in [0.2, 0.25) is 5.91 Å². The van der Waals surface area contributed by atoms with E-state index in [0.29, 0.717) is 5.76 Å². The number of nitrogens with zero attached hydrogens (tertiary/aromatic N) is 4. The first-order chi connectivity index (χ1) is 13.4. The smallest absolute Gasteiger partial charge is 0.332 e. The first kappa shape index (κ1) is 17.8. The van der Waals surface area contributed by atoms with Crippen LogP contribution in [0.4, 0.5) is 0 Å². The molecule has 4 aromatic rings. The van der Waals surface area contributed by atoms with Gasteiger partial charge in [0.05, 0.1) is 12.4 Å². The molecule has 4 rings (SSSR count). The molecule has 0 bridgehead atoms. The summed E-state index contributed by atoms with van der Waals surface area (Å²) < 4.78 is 9.49. The van der Waals surface area contributed by atoms with E-state index in [1.807, 2.05) is 37.3 Å². The third kappa shape index (κ3) is 2.81. The van der Waals surface area contributed by atoms with Gasteiger partial charge in [0.15, 0.2) is 11.2 Å². The second-order valence-electron chi connectivity index (χ2n) is 6.73. The van der Waals surface area contributed by atoms with Crippen LogP contribution in [0, 0.1) is 0 Å². The molecule has 0 saturated carbocycles. The predicted molar refractivity (Wildman–Crippen MR) is 103 cm³/mol. The molecule has 0 aliphatic rings. The molecule has 0 fully saturated rings. The van der Waals surface area contributed by atoms with Crippen molar-refractivity contribution in [2.45, 2.75) is 19.5 Å². The number of hydrogen-bond acceptors (Lipinski definition) is 5. The molecule has 9 nitrogen and oxygen atoms in total. The van der Waals surface area contributed by atoms with Crippen LogP contribution in [0.5, 0.6) is 0 Å². The number of hydrogen-bond donors (Lipinski definition) is 1. The highest BCUT2D eigenvalue weighted by Gasteiger charge is 2.18. The summed E-state index contributed by atoms with van der Waals surface area (Å²) in [5.41, 5.74) is 0.241. The topological polar surface area (TPSA) is 104 Å². The van der Waals surface area contributed by atoms with E-state index in [2.05, 4.69) is 10.3 Å². The minimum absolute atomic E-state index is 0.103. The molecule has 144 valence electrons. The van der Waals surface area contributed by atoms with Gasteiger partial charge in [0.1, 0.15) is 17.9 Å². The van der Waals surface area contributed by atoms with E-state index in [1.165, 1.54) is 29.6 Å². The largest absolute Gasteiger partial charge is 0.459 e. The first-order valence-electron chi connectivity index (χ1n) is 8.75. The van der Waals surface area contributed by atoms with Crippen LogP contribution in [-0.4, -0.2) is 24.6 Å². The number of aryl methyl sites for hydroxylation is 1. The van der Waals surface area contributed by atoms with E-state index < -0.39 is 11.2 Å². The number of amides is 1. The van der Waals surface area contributed by atoms with Crippen LogP contribution in [0.3, 0.4) is 0 Å². The van der Waals surface area contributed by atoms with E-state index in [4.69, 9.17) is 4.42 Å². The third-order valence-electron chi connectivity index (χ3n) is 4.78. The molecule has 1 N–H and O–H groups in total. The molecule has 1 aromatic carbocycles. The monoisotopic (exact) mass is 381 g/mol. The van der Waals surface area contributed by atoms with Gasteiger partial charge in [-0.15, -0.1) is 0 Å². The van der Waals surface area contributed by atoms with E-state index in [1.54, 1.807) is 0 Å². The Balaban J connectivity index is 1.58. The highest BCUT2D eigenvalue weighted by atomic mass is 16.3. The van der Waals surface area contributed by atoms with Gasteiger partial charge in [-0.05, 0) is 19.1 Å². The van der Waals surface area contributed by atoms with Crippen LogP contribution < -0.4 is 16.6 Å². The fraction of sp³-hybridized carbons (Fsp3) is 0.263. The molecule has 1 unspecified atom stereocenters. The van der Waals surface area contributed by atoms with Gasteiger partial charge in [-0.3, -0.25) is 18.7 Å². The number of carbonyl (C=O) groups is 1. The normalized spacial score (nSPS) is 12.5. The number of rotatable bonds is 4. The number of carbonyl (C=O) groups excluding carboxylic acids is 1. The minimum atomic E-state index is -0.492. The number of aromatic nitrogens is 4. The Morgan fingerprint density at radius 2 is 1.96 bits per heavy atom. The summed E-state index contributed by atoms with van der Waals surface area (Å²) in [5, 5.41) is 3.82. The number of imidazole rings is 1. The highest BCUT2D eigenvalue weighted by molar-refractivity contribution is 5.80. The Morgan fingerprint density at radius 1 is 1.21 bits per heavy atom. The van der Waals surface area contributed by atoms with Crippen molar-refractivity contribution in [2.75, 3.05) is 0 Å². The van der Waals surface area contributed by atoms with Crippen molar-refractivity contribution in [1.82, 2.24) is 24.0 Å². The molecule has 0 aliphatic heterocycles. The average Bonchev–Trinajstić information content (AvgIpc) is 3.29. The third-order valence-corrected chi connectivity index (χ3v) is 4.78. The van der Waals surface area contributed by atoms with Gasteiger partial charge in [-0.25, -0.2) is 9.78 Å². The molecule has 0 aliphatic carbocycles. The van der Waals surface area contributed by atoms with Crippen LogP contribution in [0.15, 0.2) is 50.7 Å². The lowest BCUT2D eigenvalue weighted by Gasteiger charge is -2.12. The molecule has 0 radical (unpaired) electrons. The number of fused-ring (bicyclic) bond motifs is 2. The molecule has 1 atom stereocenters. The van der Waals surface area contributed by atoms with E-state index in [0.717, 1.165) is 15.5 Å². The molecule has 0 saturated heterocycles. The van der Waals surface area contributed by atoms with Gasteiger partial charge in [-0.2, -0.15) is 0 Å². The Bertz CT molecular complexity index is 1290. The number of para-hydroxylation sites is 1. The Hall–Kier alpha value is -3.62. The summed E-state index contributed by atoms with van der Waals surface area (Å²) in [5.74, 6) is 0.339. The van der Waals surface area contributed by atoms with Gasteiger partial charge in [0, 0.05) is 19.5 Å². The van der Waals surface area contributed by atoms with Crippen LogP contribution in [0.1, 0.15) is 18.7 Å². The molecule has 3 aromatic heterocycles. The van der Waals surface area contributed by atoms with Crippen molar-refractivity contribution in [1.29, 1.82) is 0 Å². The molecule has 28 heavy (non-hydrogen) atoms. The summed E-state index contributed by atoms with van der Waals surface area (Å²) in [7, 11) is 2.93. The first-order valence-corrected chi connectivity index (χ1v) is 8.75. The zero-order valence-corrected chi connectivity index (χ0v) is 15.7. The van der Waals surface area contributed by atoms with E-state index in [9.17, 15) is 14.4 Å². The fourth-order valence-electron chi connectivity index (χ4n) is 3.25. The summed E-state index contributed by atoms with van der Waals surface area (Å²) >= 11 is 0. The van der Waals surface area contributed by atoms with Gasteiger partial charge >= 0.3 is 5.69 Å². The van der Waals surface area contributed by atoms with Crippen LogP contribution >= 0.6 is 0 Å². The number of nitrogens with one attached hydrogen (secondary N) is 1. The second-order valence-corrected chi connectivity index (χ2v) is 6.73. The van der Waals surface area contributed by atoms with E-state index in [-0.39, 0.29) is 29.7 Å². The van der Waals surface area contributed by atoms with Crippen molar-refractivity contribution in [2.24, 2.45) is 14.1 Å². The number of benzene rings is 1. The lowest BCUT2D eigenvalue weighted by molar-refractivity contribution is -0.122. The molecule has 0 spiro atoms. The molecule has 3 heterocycles. The number of furan rings is 1. The molecule has 1 amide bonds. The van der Waals surface area contributed by atoms with Crippen molar-refractivity contribution >= 4 is 28.0 Å². The maximum absolute atomic E-state index is 12.5. The summed E-state index contributed by atoms with van der Waals surface area (Å²) in [6.45, 7) is 1.72. The van der Waals surface area contributed by atoms with Crippen molar-refractivity contribution < 1.29 is 9.21 Å². The maximum atomic E-state index is 12.5. The lowest BCUT2D eigenvalue weighted by Crippen LogP contribution is -2.38. The van der Waals surface area contributed by atoms with Gasteiger partial charge < -0.3 is 14.3 Å². The molecular weight excluding hydrogens is 362 g/mol. The highest BCUT2D eigenvalue weighted by Crippen LogP contribution is 2.23. The molecule has 9 heteroatoms. The van der Waals surface area contributed by atoms with Crippen molar-refractivity contribution in [3.05, 3.63) is 63.3 Å². The SMILES string of the molecule is CC(NC(=O)Cn1cnc2c1c(=O)n(C)c(=O)n2C)c1cc2ccccc2o1. The van der Waals surface area contributed by atoms with Crippen LogP contribution in [0.25, 0.3) is 22.1 Å². The zero-order chi connectivity index (χ0) is 20.0. The summed E-state index contributed by atoms with van der Waals surface area (Å²) in [6.07, 6.45) is 1.39. The Morgan fingerprint density at radius 3 is 2.71 bits per heavy atom. The lowest BCUT2D eigenvalue weighted by atomic mass is 10.2. The average molecular weight is 381 g/mol. The van der Waals surface area contributed by atoms with Gasteiger partial charge in [-0.1, -0.05) is 18.2 Å². The van der Waals surface area contributed by atoms with Crippen molar-refractivity contribution in [3.63, 3.8) is 0 Å². The minimum Gasteiger partial charge on any atom is -0.459 e. The van der Waals surface area contributed by atoms with Crippen LogP contribution in [-0.2, 0) is 25.4 Å². The summed E-state index contributed by atoms with van der Waals surface area (Å²) in [6, 6.07) is 9.15. The van der Waals surface area contributed by atoms with E-state index >= 15 is 0 Å². The van der Waals surface area contributed by atoms with Crippen LogP contribution in [0.2, 0.25) is 0 Å². The van der Waals surface area contributed by atoms with Gasteiger partial charge in [0.25, 0.3) is 5.56 Å². The summed E-state index contributed by atoms with van der Waals surface area (Å²) in [4.78, 5) is 41.1.